The molecular weight excluding hydrogens is 1230 g/mol. The molecule has 0 saturated heterocycles. The predicted octanol–water partition coefficient (Wildman–Crippen LogP) is 13.3. The summed E-state index contributed by atoms with van der Waals surface area (Å²) in [5, 5.41) is 4.60. The molecule has 43 heavy (non-hydrogen) atoms. The molecule has 0 saturated carbocycles. The highest BCUT2D eigenvalue weighted by Crippen LogP contribution is 2.46. The molecule has 0 spiro atoms. The Morgan fingerprint density at radius 1 is 0.581 bits per heavy atom. The molecule has 0 aromatic heterocycles. The van der Waals surface area contributed by atoms with Gasteiger partial charge in [-0.15, -0.1) is 0 Å². The summed E-state index contributed by atoms with van der Waals surface area (Å²) in [7, 11) is -3.92. The molecule has 0 fully saturated rings. The van der Waals surface area contributed by atoms with Crippen LogP contribution in [0.2, 0.25) is 0 Å². The Morgan fingerprint density at radius 2 is 0.953 bits per heavy atom. The van der Waals surface area contributed by atoms with Crippen molar-refractivity contribution < 1.29 is 17.9 Å². The molecule has 0 aliphatic carbocycles. The van der Waals surface area contributed by atoms with Gasteiger partial charge in [-0.05, 0) is 156 Å². The number of benzene rings is 4. The van der Waals surface area contributed by atoms with E-state index >= 15 is 0 Å². The Hall–Kier alpha value is 1.75. The molecule has 4 rings (SSSR count). The van der Waals surface area contributed by atoms with Crippen LogP contribution in [-0.4, -0.2) is 41.9 Å². The molecule has 4 nitrogen and oxygen atoms in total. The van der Waals surface area contributed by atoms with Gasteiger partial charge in [-0.2, -0.15) is 0 Å². The lowest BCUT2D eigenvalue weighted by Crippen LogP contribution is -2.08. The van der Waals surface area contributed by atoms with Gasteiger partial charge in [-0.3, -0.25) is 0 Å². The molecule has 0 heterocycles. The van der Waals surface area contributed by atoms with E-state index < -0.39 is 9.84 Å². The number of hydrogen-bond acceptors (Lipinski definition) is 4. The number of ether oxygens (including phenoxy) is 2. The van der Waals surface area contributed by atoms with Crippen LogP contribution in [0.3, 0.4) is 0 Å². The summed E-state index contributed by atoms with van der Waals surface area (Å²) in [6.45, 7) is 0.960. The average Bonchev–Trinajstić information content (AvgIpc) is 2.96. The Morgan fingerprint density at radius 3 is 1.30 bits per heavy atom. The average molecular weight is 1250 g/mol. The lowest BCUT2D eigenvalue weighted by Gasteiger charge is -2.17. The highest BCUT2D eigenvalue weighted by Gasteiger charge is 2.25. The number of rotatable bonds is 12. The van der Waals surface area contributed by atoms with Gasteiger partial charge < -0.3 is 9.47 Å². The molecule has 0 amide bonds. The first-order valence-electron chi connectivity index (χ1n) is 12.4. The van der Waals surface area contributed by atoms with Crippen molar-refractivity contribution in [2.24, 2.45) is 0 Å². The van der Waals surface area contributed by atoms with E-state index in [1.165, 1.54) is 0 Å². The second-order valence-corrected chi connectivity index (χ2v) is 20.1. The summed E-state index contributed by atoms with van der Waals surface area (Å²) < 4.78 is 44.8. The van der Waals surface area contributed by atoms with Gasteiger partial charge in [-0.1, -0.05) is 63.7 Å². The summed E-state index contributed by atoms with van der Waals surface area (Å²) in [5.41, 5.74) is 0. The van der Waals surface area contributed by atoms with E-state index in [-0.39, 0.29) is 19.4 Å². The Labute approximate surface area is 334 Å². The van der Waals surface area contributed by atoms with Gasteiger partial charge in [0.25, 0.3) is 0 Å². The van der Waals surface area contributed by atoms with Gasteiger partial charge in [0.05, 0.1) is 32.0 Å². The van der Waals surface area contributed by atoms with E-state index in [4.69, 9.17) is 9.47 Å². The van der Waals surface area contributed by atoms with Crippen LogP contribution in [0.1, 0.15) is 12.8 Å². The van der Waals surface area contributed by atoms with Crippen LogP contribution in [0.5, 0.6) is 11.5 Å². The summed E-state index contributed by atoms with van der Waals surface area (Å²) in [4.78, 5) is 0.862. The molecular formula is C28H20Br10O4S. The smallest absolute Gasteiger partial charge is 0.206 e. The topological polar surface area (TPSA) is 52.6 Å². The molecule has 0 aliphatic rings. The van der Waals surface area contributed by atoms with Crippen LogP contribution in [0.25, 0.3) is 21.5 Å². The zero-order chi connectivity index (χ0) is 31.6. The van der Waals surface area contributed by atoms with Gasteiger partial charge in [0.2, 0.25) is 9.84 Å². The van der Waals surface area contributed by atoms with E-state index in [9.17, 15) is 8.42 Å². The maximum Gasteiger partial charge on any atom is 0.206 e. The van der Waals surface area contributed by atoms with Gasteiger partial charge in [0.15, 0.2) is 0 Å². The quantitative estimate of drug-likeness (QED) is 0.133. The number of alkyl halides is 4. The second-order valence-electron chi connectivity index (χ2n) is 9.29. The zero-order valence-electron chi connectivity index (χ0n) is 21.7. The standard InChI is InChI=1S/C28H20Br10O4S/c29-11-15(31)1-3-41-27-23-13(7-21(35)25(27)37)5-17(9-19(23)33)43(39,40)18-6-14-8-22(36)26(38)28(24(14)20(34)10-18)42-4-2-16(32)12-30/h5-10,15-16H,1-4,11-12H2. The molecule has 0 radical (unpaired) electrons. The number of hydrogen-bond donors (Lipinski definition) is 0. The van der Waals surface area contributed by atoms with Gasteiger partial charge in [-0.25, -0.2) is 8.42 Å². The number of fused-ring (bicyclic) bond motifs is 2. The highest BCUT2D eigenvalue weighted by atomic mass is 79.9. The summed E-state index contributed by atoms with van der Waals surface area (Å²) in [6.07, 6.45) is 1.58. The van der Waals surface area contributed by atoms with E-state index in [1.54, 1.807) is 24.3 Å². The van der Waals surface area contributed by atoms with Crippen molar-refractivity contribution in [2.75, 3.05) is 23.9 Å². The van der Waals surface area contributed by atoms with E-state index in [2.05, 4.69) is 159 Å². The fourth-order valence-corrected chi connectivity index (χ4v) is 9.92. The first-order valence-corrected chi connectivity index (χ1v) is 22.7. The lowest BCUT2D eigenvalue weighted by atomic mass is 10.1. The largest absolute Gasteiger partial charge is 0.492 e. The number of halogens is 10. The lowest BCUT2D eigenvalue weighted by molar-refractivity contribution is 0.314. The predicted molar refractivity (Wildman–Crippen MR) is 213 cm³/mol. The first-order chi connectivity index (χ1) is 20.3. The van der Waals surface area contributed by atoms with E-state index in [0.29, 0.717) is 44.4 Å². The molecule has 0 N–H and O–H groups in total. The highest BCUT2D eigenvalue weighted by molar-refractivity contribution is 9.14. The van der Waals surface area contributed by atoms with Crippen LogP contribution < -0.4 is 9.47 Å². The Bertz CT molecular complexity index is 1660. The van der Waals surface area contributed by atoms with Crippen LogP contribution in [0.15, 0.2) is 73.0 Å². The van der Waals surface area contributed by atoms with Crippen molar-refractivity contribution in [2.45, 2.75) is 32.3 Å². The van der Waals surface area contributed by atoms with Crippen molar-refractivity contribution in [3.63, 3.8) is 0 Å². The van der Waals surface area contributed by atoms with E-state index in [0.717, 1.165) is 52.2 Å². The van der Waals surface area contributed by atoms with Crippen molar-refractivity contribution >= 4 is 191 Å². The van der Waals surface area contributed by atoms with Gasteiger partial charge in [0.1, 0.15) is 11.5 Å². The van der Waals surface area contributed by atoms with Gasteiger partial charge >= 0.3 is 0 Å². The first kappa shape index (κ1) is 37.6. The van der Waals surface area contributed by atoms with Crippen molar-refractivity contribution in [1.82, 2.24) is 0 Å². The summed E-state index contributed by atoms with van der Waals surface area (Å²) >= 11 is 35.9. The molecule has 0 aliphatic heterocycles. The minimum absolute atomic E-state index is 0.156. The summed E-state index contributed by atoms with van der Waals surface area (Å²) in [6, 6.07) is 10.4. The van der Waals surface area contributed by atoms with E-state index in [1.807, 2.05) is 12.1 Å². The summed E-state index contributed by atoms with van der Waals surface area (Å²) in [5.74, 6) is 1.27. The molecule has 0 bridgehead atoms. The molecule has 2 unspecified atom stereocenters. The van der Waals surface area contributed by atoms with Gasteiger partial charge in [0, 0.05) is 49.0 Å². The van der Waals surface area contributed by atoms with Crippen LogP contribution in [0.4, 0.5) is 0 Å². The molecule has 15 heteroatoms. The SMILES string of the molecule is O=S(=O)(c1cc(Br)c2c(OCCC(Br)CBr)c(Br)c(Br)cc2c1)c1cc(Br)c2c(OCCC(Br)CBr)c(Br)c(Br)cc2c1. The minimum Gasteiger partial charge on any atom is -0.492 e. The normalized spacial score (nSPS) is 13.4. The second kappa shape index (κ2) is 16.4. The fraction of sp³-hybridized carbons (Fsp3) is 0.286. The molecule has 4 aromatic rings. The third-order valence-corrected chi connectivity index (χ3v) is 18.1. The molecule has 232 valence electrons. The Kier molecular flexibility index (Phi) is 14.4. The van der Waals surface area contributed by atoms with Crippen molar-refractivity contribution in [1.29, 1.82) is 0 Å². The van der Waals surface area contributed by atoms with Crippen LogP contribution >= 0.6 is 159 Å². The third-order valence-electron chi connectivity index (χ3n) is 6.34. The zero-order valence-corrected chi connectivity index (χ0v) is 38.4. The minimum atomic E-state index is -3.92. The fourth-order valence-electron chi connectivity index (χ4n) is 4.20. The van der Waals surface area contributed by atoms with Crippen LogP contribution in [-0.2, 0) is 9.84 Å². The maximum absolute atomic E-state index is 14.1. The van der Waals surface area contributed by atoms with Crippen LogP contribution in [0, 0.1) is 0 Å². The third kappa shape index (κ3) is 8.68. The van der Waals surface area contributed by atoms with Crippen molar-refractivity contribution in [3.8, 4) is 11.5 Å². The van der Waals surface area contributed by atoms with Crippen molar-refractivity contribution in [3.05, 3.63) is 63.2 Å². The monoisotopic (exact) mass is 1240 g/mol. The Balaban J connectivity index is 1.79. The molecule has 2 atom stereocenters. The number of sulfone groups is 1. The molecule has 4 aromatic carbocycles. The maximum atomic E-state index is 14.1.